The van der Waals surface area contributed by atoms with E-state index in [0.717, 1.165) is 12.1 Å². The molecule has 7 heteroatoms. The number of hydrazine groups is 2. The Kier molecular flexibility index (Phi) is 6.78. The lowest BCUT2D eigenvalue weighted by Crippen LogP contribution is -2.37. The number of rotatable bonds is 5. The number of ether oxygens (including phenoxy) is 1. The fourth-order valence-electron chi connectivity index (χ4n) is 2.93. The van der Waals surface area contributed by atoms with Gasteiger partial charge in [0.2, 0.25) is 0 Å². The summed E-state index contributed by atoms with van der Waals surface area (Å²) in [7, 11) is 2.02. The topological polar surface area (TPSA) is 65.6 Å². The molecule has 0 amide bonds. The highest BCUT2D eigenvalue weighted by atomic mass is 16.5. The molecule has 138 valence electrons. The smallest absolute Gasteiger partial charge is 0.316 e. The molecule has 2 aliphatic rings. The average Bonchev–Trinajstić information content (AvgIpc) is 3.20. The van der Waals surface area contributed by atoms with Gasteiger partial charge in [-0.05, 0) is 31.4 Å². The van der Waals surface area contributed by atoms with Crippen LogP contribution in [-0.4, -0.2) is 40.7 Å². The highest BCUT2D eigenvalue weighted by molar-refractivity contribution is 5.53. The van der Waals surface area contributed by atoms with Crippen LogP contribution in [0.3, 0.4) is 0 Å². The number of hydrogen-bond acceptors (Lipinski definition) is 7. The molecule has 0 radical (unpaired) electrons. The van der Waals surface area contributed by atoms with E-state index in [1.807, 2.05) is 37.8 Å². The Bertz CT molecular complexity index is 612. The van der Waals surface area contributed by atoms with Crippen molar-refractivity contribution in [2.45, 2.75) is 53.1 Å². The van der Waals surface area contributed by atoms with Crippen molar-refractivity contribution >= 4 is 5.69 Å². The van der Waals surface area contributed by atoms with Crippen molar-refractivity contribution in [3.63, 3.8) is 0 Å². The fourth-order valence-corrected chi connectivity index (χ4v) is 2.93. The van der Waals surface area contributed by atoms with Crippen molar-refractivity contribution in [2.75, 3.05) is 18.7 Å². The summed E-state index contributed by atoms with van der Waals surface area (Å²) in [6.45, 7) is 10.8. The second-order valence-corrected chi connectivity index (χ2v) is 5.75. The lowest BCUT2D eigenvalue weighted by Gasteiger charge is -2.19. The Morgan fingerprint density at radius 3 is 2.28 bits per heavy atom. The first-order valence-corrected chi connectivity index (χ1v) is 9.05. The second kappa shape index (κ2) is 8.82. The van der Waals surface area contributed by atoms with Gasteiger partial charge >= 0.3 is 6.01 Å². The van der Waals surface area contributed by atoms with Gasteiger partial charge in [-0.25, -0.2) is 20.8 Å². The third kappa shape index (κ3) is 4.29. The van der Waals surface area contributed by atoms with E-state index in [9.17, 15) is 0 Å². The first-order chi connectivity index (χ1) is 12.1. The van der Waals surface area contributed by atoms with E-state index in [4.69, 9.17) is 4.74 Å². The summed E-state index contributed by atoms with van der Waals surface area (Å²) in [6.07, 6.45) is 8.84. The molecule has 25 heavy (non-hydrogen) atoms. The van der Waals surface area contributed by atoms with Crippen LogP contribution >= 0.6 is 0 Å². The highest BCUT2D eigenvalue weighted by Crippen LogP contribution is 2.30. The third-order valence-electron chi connectivity index (χ3n) is 4.04. The zero-order valence-electron chi connectivity index (χ0n) is 16.1. The molecule has 7 nitrogen and oxygen atoms in total. The van der Waals surface area contributed by atoms with E-state index in [1.165, 1.54) is 11.1 Å². The third-order valence-corrected chi connectivity index (χ3v) is 4.04. The van der Waals surface area contributed by atoms with Crippen LogP contribution in [0.1, 0.15) is 41.0 Å². The number of aromatic nitrogens is 2. The van der Waals surface area contributed by atoms with Gasteiger partial charge in [0.05, 0.1) is 36.8 Å². The normalized spacial score (nSPS) is 22.3. The molecule has 2 unspecified atom stereocenters. The Balaban J connectivity index is 0.00000109. The van der Waals surface area contributed by atoms with E-state index in [-0.39, 0.29) is 6.04 Å². The first kappa shape index (κ1) is 19.2. The molecule has 0 aromatic carbocycles. The van der Waals surface area contributed by atoms with Crippen molar-refractivity contribution < 1.29 is 4.74 Å². The van der Waals surface area contributed by atoms with E-state index in [1.54, 1.807) is 12.4 Å². The van der Waals surface area contributed by atoms with E-state index in [2.05, 4.69) is 47.1 Å². The van der Waals surface area contributed by atoms with Crippen LogP contribution in [0.4, 0.5) is 5.69 Å². The standard InChI is InChI=1S/C16H24N6O.C2H6/c1-5-15-14(13-9-21(4)19-11(13)3)10-22(20-15)12-7-17-16(18-8-12)23-6-2;1-2/h7-11,15,19-20H,5-6H2,1-4H3;1-2H3. The zero-order valence-corrected chi connectivity index (χ0v) is 16.1. The molecule has 1 aromatic rings. The summed E-state index contributed by atoms with van der Waals surface area (Å²) in [5, 5.41) is 4.00. The molecule has 0 fully saturated rings. The Labute approximate surface area is 150 Å². The predicted octanol–water partition coefficient (Wildman–Crippen LogP) is 2.61. The Hall–Kier alpha value is -2.12. The first-order valence-electron chi connectivity index (χ1n) is 9.05. The number of anilines is 1. The molecule has 2 aliphatic heterocycles. The van der Waals surface area contributed by atoms with Crippen molar-refractivity contribution in [3.8, 4) is 6.01 Å². The van der Waals surface area contributed by atoms with Gasteiger partial charge in [-0.15, -0.1) is 0 Å². The molecule has 0 aliphatic carbocycles. The van der Waals surface area contributed by atoms with Crippen LogP contribution < -0.4 is 20.6 Å². The maximum Gasteiger partial charge on any atom is 0.316 e. The molecule has 3 heterocycles. The van der Waals surface area contributed by atoms with Crippen LogP contribution in [0, 0.1) is 0 Å². The molecular formula is C18H30N6O. The number of hydrogen-bond donors (Lipinski definition) is 2. The molecule has 2 N–H and O–H groups in total. The Morgan fingerprint density at radius 2 is 1.76 bits per heavy atom. The van der Waals surface area contributed by atoms with Gasteiger partial charge in [0.15, 0.2) is 0 Å². The second-order valence-electron chi connectivity index (χ2n) is 5.75. The van der Waals surface area contributed by atoms with Gasteiger partial charge in [0.25, 0.3) is 0 Å². The van der Waals surface area contributed by atoms with E-state index in [0.29, 0.717) is 18.7 Å². The number of nitrogens with zero attached hydrogens (tertiary/aromatic N) is 4. The van der Waals surface area contributed by atoms with E-state index >= 15 is 0 Å². The zero-order chi connectivity index (χ0) is 18.4. The molecule has 0 bridgehead atoms. The monoisotopic (exact) mass is 346 g/mol. The summed E-state index contributed by atoms with van der Waals surface area (Å²) in [4.78, 5) is 8.47. The fraction of sp³-hybridized carbons (Fsp3) is 0.556. The summed E-state index contributed by atoms with van der Waals surface area (Å²) in [6, 6.07) is 0.992. The maximum absolute atomic E-state index is 5.29. The molecule has 0 saturated carbocycles. The molecule has 3 rings (SSSR count). The summed E-state index contributed by atoms with van der Waals surface area (Å²) >= 11 is 0. The average molecular weight is 346 g/mol. The maximum atomic E-state index is 5.29. The summed E-state index contributed by atoms with van der Waals surface area (Å²) in [5.41, 5.74) is 10.4. The quantitative estimate of drug-likeness (QED) is 0.849. The van der Waals surface area contributed by atoms with Crippen LogP contribution in [0.15, 0.2) is 35.9 Å². The molecule has 2 atom stereocenters. The van der Waals surface area contributed by atoms with Crippen molar-refractivity contribution in [1.29, 1.82) is 0 Å². The van der Waals surface area contributed by atoms with Crippen molar-refractivity contribution in [1.82, 2.24) is 25.8 Å². The van der Waals surface area contributed by atoms with Crippen LogP contribution in [0.5, 0.6) is 6.01 Å². The molecule has 1 aromatic heterocycles. The minimum Gasteiger partial charge on any atom is -0.464 e. The lowest BCUT2D eigenvalue weighted by molar-refractivity contribution is 0.312. The van der Waals surface area contributed by atoms with Crippen molar-refractivity contribution in [3.05, 3.63) is 35.9 Å². The van der Waals surface area contributed by atoms with Crippen molar-refractivity contribution in [2.24, 2.45) is 0 Å². The predicted molar refractivity (Wildman–Crippen MR) is 101 cm³/mol. The van der Waals surface area contributed by atoms with Crippen LogP contribution in [-0.2, 0) is 0 Å². The summed E-state index contributed by atoms with van der Waals surface area (Å²) in [5.74, 6) is 0. The Morgan fingerprint density at radius 1 is 1.08 bits per heavy atom. The van der Waals surface area contributed by atoms with Gasteiger partial charge in [0.1, 0.15) is 0 Å². The largest absolute Gasteiger partial charge is 0.464 e. The minimum atomic E-state index is 0.281. The van der Waals surface area contributed by atoms with Crippen LogP contribution in [0.2, 0.25) is 0 Å². The summed E-state index contributed by atoms with van der Waals surface area (Å²) < 4.78 is 5.29. The number of nitrogens with one attached hydrogen (secondary N) is 2. The SMILES string of the molecule is CC.CCOc1ncc(N2C=C(C3=CN(C)NC3C)C(CC)N2)cn1. The van der Waals surface area contributed by atoms with Gasteiger partial charge < -0.3 is 9.75 Å². The minimum absolute atomic E-state index is 0.281. The lowest BCUT2D eigenvalue weighted by atomic mass is 9.96. The van der Waals surface area contributed by atoms with Gasteiger partial charge in [-0.1, -0.05) is 20.8 Å². The van der Waals surface area contributed by atoms with Gasteiger partial charge in [-0.3, -0.25) is 5.01 Å². The van der Waals surface area contributed by atoms with Gasteiger partial charge in [0, 0.05) is 19.4 Å². The molecule has 0 saturated heterocycles. The molecular weight excluding hydrogens is 316 g/mol. The van der Waals surface area contributed by atoms with E-state index < -0.39 is 0 Å². The molecule has 0 spiro atoms. The highest BCUT2D eigenvalue weighted by Gasteiger charge is 2.31. The van der Waals surface area contributed by atoms with Crippen LogP contribution in [0.25, 0.3) is 0 Å². The van der Waals surface area contributed by atoms with Gasteiger partial charge in [-0.2, -0.15) is 0 Å².